The Morgan fingerprint density at radius 2 is 1.66 bits per heavy atom. The van der Waals surface area contributed by atoms with Gasteiger partial charge in [0.1, 0.15) is 30.5 Å². The van der Waals surface area contributed by atoms with Crippen molar-refractivity contribution in [2.24, 2.45) is 0 Å². The van der Waals surface area contributed by atoms with E-state index in [1.807, 2.05) is 24.3 Å². The van der Waals surface area contributed by atoms with Crippen LogP contribution in [0.1, 0.15) is 39.5 Å². The summed E-state index contributed by atoms with van der Waals surface area (Å²) in [4.78, 5) is 0. The number of halogens is 1. The molecule has 0 aromatic heterocycles. The summed E-state index contributed by atoms with van der Waals surface area (Å²) in [6.07, 6.45) is -4.17. The minimum Gasteiger partial charge on any atom is -0.394 e. The predicted molar refractivity (Wildman–Crippen MR) is 107 cm³/mol. The quantitative estimate of drug-likeness (QED) is 0.561. The highest BCUT2D eigenvalue weighted by molar-refractivity contribution is 6.20. The zero-order valence-electron chi connectivity index (χ0n) is 15.8. The van der Waals surface area contributed by atoms with Crippen LogP contribution in [0.2, 0.25) is 0 Å². The Balaban J connectivity index is 1.49. The first-order chi connectivity index (χ1) is 14.0. The number of alkyl halides is 1. The van der Waals surface area contributed by atoms with E-state index < -0.39 is 42.7 Å². The van der Waals surface area contributed by atoms with Gasteiger partial charge < -0.3 is 29.9 Å². The van der Waals surface area contributed by atoms with Gasteiger partial charge in [0.2, 0.25) is 0 Å². The second kappa shape index (κ2) is 8.70. The second-order valence-corrected chi connectivity index (χ2v) is 8.03. The van der Waals surface area contributed by atoms with Crippen molar-refractivity contribution in [3.05, 3.63) is 70.3 Å². The van der Waals surface area contributed by atoms with Crippen LogP contribution in [0.15, 0.2) is 42.5 Å². The Morgan fingerprint density at radius 1 is 0.931 bits per heavy atom. The van der Waals surface area contributed by atoms with Crippen molar-refractivity contribution in [2.45, 2.75) is 48.9 Å². The summed E-state index contributed by atoms with van der Waals surface area (Å²) in [6.45, 7) is 0.197. The number of ether oxygens (including phenoxy) is 2. The number of benzene rings is 2. The summed E-state index contributed by atoms with van der Waals surface area (Å²) in [6, 6.07) is 13.8. The van der Waals surface area contributed by atoms with Crippen molar-refractivity contribution < 1.29 is 29.9 Å². The van der Waals surface area contributed by atoms with Gasteiger partial charge in [-0.2, -0.15) is 0 Å². The van der Waals surface area contributed by atoms with Gasteiger partial charge in [-0.3, -0.25) is 0 Å². The lowest BCUT2D eigenvalue weighted by Gasteiger charge is -2.40. The van der Waals surface area contributed by atoms with Crippen molar-refractivity contribution in [1.82, 2.24) is 0 Å². The van der Waals surface area contributed by atoms with Gasteiger partial charge in [0.15, 0.2) is 5.56 Å². The molecule has 6 nitrogen and oxygen atoms in total. The predicted octanol–water partition coefficient (Wildman–Crippen LogP) is 1.60. The highest BCUT2D eigenvalue weighted by Crippen LogP contribution is 2.33. The molecule has 1 saturated heterocycles. The molecule has 2 aromatic rings. The summed E-state index contributed by atoms with van der Waals surface area (Å²) >= 11 is 6.27. The molecular formula is C22H25ClO6. The molecule has 0 bridgehead atoms. The van der Waals surface area contributed by atoms with E-state index in [1.165, 1.54) is 5.56 Å². The molecule has 156 valence electrons. The van der Waals surface area contributed by atoms with Crippen molar-refractivity contribution in [1.29, 1.82) is 0 Å². The van der Waals surface area contributed by atoms with E-state index in [1.54, 1.807) is 0 Å². The molecule has 1 unspecified atom stereocenters. The molecule has 4 N–H and O–H groups in total. The Bertz CT molecular complexity index is 840. The van der Waals surface area contributed by atoms with Gasteiger partial charge in [0.25, 0.3) is 0 Å². The summed E-state index contributed by atoms with van der Waals surface area (Å²) in [5, 5.41) is 39.5. The molecule has 6 atom stereocenters. The standard InChI is InChI=1S/C22H25ClO6/c23-22-16-10-13(3-4-14(16)7-8-28-22)9-12-1-5-15(6-2-12)21-20(27)19(26)18(25)17(11-24)29-21/h1-6,10,17-22,24-27H,7-9,11H2/t17-,18-,19+,20-,21+,22?/m1/s1. The highest BCUT2D eigenvalue weighted by atomic mass is 35.5. The van der Waals surface area contributed by atoms with Crippen molar-refractivity contribution in [3.8, 4) is 0 Å². The van der Waals surface area contributed by atoms with Crippen LogP contribution in [0.25, 0.3) is 0 Å². The smallest absolute Gasteiger partial charge is 0.156 e. The largest absolute Gasteiger partial charge is 0.394 e. The third-order valence-corrected chi connectivity index (χ3v) is 6.06. The Hall–Kier alpha value is -1.51. The molecule has 2 aromatic carbocycles. The van der Waals surface area contributed by atoms with Crippen LogP contribution in [0.5, 0.6) is 0 Å². The highest BCUT2D eigenvalue weighted by Gasteiger charge is 2.43. The van der Waals surface area contributed by atoms with E-state index in [9.17, 15) is 20.4 Å². The lowest BCUT2D eigenvalue weighted by Crippen LogP contribution is -2.55. The van der Waals surface area contributed by atoms with E-state index in [4.69, 9.17) is 21.1 Å². The topological polar surface area (TPSA) is 99.4 Å². The van der Waals surface area contributed by atoms with Crippen molar-refractivity contribution in [2.75, 3.05) is 13.2 Å². The first-order valence-corrected chi connectivity index (χ1v) is 10.2. The fraction of sp³-hybridized carbons (Fsp3) is 0.455. The van der Waals surface area contributed by atoms with Crippen molar-refractivity contribution in [3.63, 3.8) is 0 Å². The molecule has 1 fully saturated rings. The minimum absolute atomic E-state index is 0.410. The van der Waals surface area contributed by atoms with Crippen LogP contribution < -0.4 is 0 Å². The molecule has 7 heteroatoms. The van der Waals surface area contributed by atoms with Crippen molar-refractivity contribution >= 4 is 11.6 Å². The SMILES string of the molecule is OC[C@H]1O[C@@H](c2ccc(Cc3ccc4c(c3)C(Cl)OCC4)cc2)[C@H](O)[C@@H](O)[C@@H]1O. The molecule has 2 aliphatic heterocycles. The first kappa shape index (κ1) is 20.8. The third-order valence-electron chi connectivity index (χ3n) is 5.70. The lowest BCUT2D eigenvalue weighted by molar-refractivity contribution is -0.231. The van der Waals surface area contributed by atoms with E-state index in [2.05, 4.69) is 18.2 Å². The third kappa shape index (κ3) is 4.20. The first-order valence-electron chi connectivity index (χ1n) is 9.74. The fourth-order valence-corrected chi connectivity index (χ4v) is 4.29. The summed E-state index contributed by atoms with van der Waals surface area (Å²) in [5.74, 6) is 0. The second-order valence-electron chi connectivity index (χ2n) is 7.64. The number of rotatable bonds is 4. The van der Waals surface area contributed by atoms with Crippen LogP contribution in [0, 0.1) is 0 Å². The van der Waals surface area contributed by atoms with E-state index >= 15 is 0 Å². The number of hydrogen-bond acceptors (Lipinski definition) is 6. The van der Waals surface area contributed by atoms with Crippen LogP contribution >= 0.6 is 11.6 Å². The average molecular weight is 421 g/mol. The maximum Gasteiger partial charge on any atom is 0.156 e. The Labute approximate surface area is 174 Å². The molecule has 2 aliphatic rings. The molecule has 0 radical (unpaired) electrons. The van der Waals surface area contributed by atoms with E-state index in [-0.39, 0.29) is 0 Å². The molecule has 0 spiro atoms. The number of fused-ring (bicyclic) bond motifs is 1. The van der Waals surface area contributed by atoms with Crippen LogP contribution in [0.3, 0.4) is 0 Å². The fourth-order valence-electron chi connectivity index (χ4n) is 3.99. The molecule has 0 aliphatic carbocycles. The lowest BCUT2D eigenvalue weighted by atomic mass is 9.90. The van der Waals surface area contributed by atoms with Gasteiger partial charge in [0.05, 0.1) is 13.2 Å². The summed E-state index contributed by atoms with van der Waals surface area (Å²) in [5.41, 5.74) is 4.70. The molecule has 29 heavy (non-hydrogen) atoms. The number of hydrogen-bond donors (Lipinski definition) is 4. The summed E-state index contributed by atoms with van der Waals surface area (Å²) in [7, 11) is 0. The average Bonchev–Trinajstić information content (AvgIpc) is 2.74. The Morgan fingerprint density at radius 3 is 2.38 bits per heavy atom. The maximum absolute atomic E-state index is 10.3. The molecule has 4 rings (SSSR count). The maximum atomic E-state index is 10.3. The van der Waals surface area contributed by atoms with Gasteiger partial charge in [-0.15, -0.1) is 0 Å². The van der Waals surface area contributed by atoms with Gasteiger partial charge >= 0.3 is 0 Å². The zero-order valence-corrected chi connectivity index (χ0v) is 16.6. The van der Waals surface area contributed by atoms with Crippen LogP contribution in [-0.2, 0) is 22.3 Å². The monoisotopic (exact) mass is 420 g/mol. The Kier molecular flexibility index (Phi) is 6.22. The molecule has 2 heterocycles. The van der Waals surface area contributed by atoms with Gasteiger partial charge in [0, 0.05) is 0 Å². The molecule has 0 amide bonds. The summed E-state index contributed by atoms with van der Waals surface area (Å²) < 4.78 is 11.1. The van der Waals surface area contributed by atoms with Gasteiger partial charge in [-0.1, -0.05) is 54.1 Å². The van der Waals surface area contributed by atoms with Crippen LogP contribution in [-0.4, -0.2) is 58.1 Å². The van der Waals surface area contributed by atoms with Gasteiger partial charge in [-0.05, 0) is 40.7 Å². The normalized spacial score (nSPS) is 32.0. The van der Waals surface area contributed by atoms with Gasteiger partial charge in [-0.25, -0.2) is 0 Å². The zero-order chi connectivity index (χ0) is 20.5. The molecule has 0 saturated carbocycles. The van der Waals surface area contributed by atoms with E-state index in [0.717, 1.165) is 23.1 Å². The number of aliphatic hydroxyl groups excluding tert-OH is 4. The molecular weight excluding hydrogens is 396 g/mol. The van der Waals surface area contributed by atoms with Crippen LogP contribution in [0.4, 0.5) is 0 Å². The number of aliphatic hydroxyl groups is 4. The van der Waals surface area contributed by atoms with E-state index in [0.29, 0.717) is 18.6 Å². The minimum atomic E-state index is -1.38.